The van der Waals surface area contributed by atoms with Gasteiger partial charge in [0.25, 0.3) is 5.91 Å². The van der Waals surface area contributed by atoms with Gasteiger partial charge in [-0.15, -0.1) is 0 Å². The van der Waals surface area contributed by atoms with Crippen molar-refractivity contribution < 1.29 is 4.79 Å². The second-order valence-corrected chi connectivity index (χ2v) is 7.04. The zero-order valence-electron chi connectivity index (χ0n) is 14.7. The van der Waals surface area contributed by atoms with E-state index in [-0.39, 0.29) is 5.91 Å². The Labute approximate surface area is 148 Å². The van der Waals surface area contributed by atoms with Crippen molar-refractivity contribution in [2.45, 2.75) is 19.8 Å². The first-order valence-electron chi connectivity index (χ1n) is 9.25. The molecule has 1 saturated heterocycles. The number of hydrogen-bond acceptors (Lipinski definition) is 2. The highest BCUT2D eigenvalue weighted by molar-refractivity contribution is 6.09. The minimum absolute atomic E-state index is 0.00565. The van der Waals surface area contributed by atoms with E-state index < -0.39 is 0 Å². The lowest BCUT2D eigenvalue weighted by atomic mass is 9.98. The SMILES string of the molecule is CCN1CCC[C@H](CNC(=O)c2cc3c(ccc4ccccc43)[nH]2)C1. The monoisotopic (exact) mass is 335 g/mol. The van der Waals surface area contributed by atoms with Crippen LogP contribution in [0, 0.1) is 5.92 Å². The molecule has 0 radical (unpaired) electrons. The van der Waals surface area contributed by atoms with Gasteiger partial charge in [-0.2, -0.15) is 0 Å². The lowest BCUT2D eigenvalue weighted by molar-refractivity contribution is 0.0929. The molecule has 4 rings (SSSR count). The van der Waals surface area contributed by atoms with Crippen molar-refractivity contribution in [1.29, 1.82) is 0 Å². The van der Waals surface area contributed by atoms with E-state index in [2.05, 4.69) is 46.4 Å². The molecule has 4 nitrogen and oxygen atoms in total. The minimum Gasteiger partial charge on any atom is -0.351 e. The maximum absolute atomic E-state index is 12.6. The van der Waals surface area contributed by atoms with Gasteiger partial charge in [0.1, 0.15) is 5.69 Å². The number of nitrogens with zero attached hydrogens (tertiary/aromatic N) is 1. The van der Waals surface area contributed by atoms with E-state index in [1.807, 2.05) is 18.2 Å². The van der Waals surface area contributed by atoms with Crippen LogP contribution in [0.2, 0.25) is 0 Å². The van der Waals surface area contributed by atoms with Crippen molar-refractivity contribution in [2.24, 2.45) is 5.92 Å². The topological polar surface area (TPSA) is 48.1 Å². The van der Waals surface area contributed by atoms with Crippen LogP contribution in [0.5, 0.6) is 0 Å². The van der Waals surface area contributed by atoms with Crippen LogP contribution in [0.1, 0.15) is 30.3 Å². The molecule has 130 valence electrons. The van der Waals surface area contributed by atoms with Crippen LogP contribution >= 0.6 is 0 Å². The Balaban J connectivity index is 1.49. The number of aromatic amines is 1. The zero-order valence-corrected chi connectivity index (χ0v) is 14.7. The molecule has 0 unspecified atom stereocenters. The van der Waals surface area contributed by atoms with Gasteiger partial charge in [-0.25, -0.2) is 0 Å². The Hall–Kier alpha value is -2.33. The standard InChI is InChI=1S/C21H25N3O/c1-2-24-11-5-6-15(14-24)13-22-21(25)20-12-18-17-8-4-3-7-16(17)9-10-19(18)23-20/h3-4,7-10,12,15,23H,2,5-6,11,13-14H2,1H3,(H,22,25)/t15-/m1/s1. The van der Waals surface area contributed by atoms with Gasteiger partial charge in [0.2, 0.25) is 0 Å². The maximum atomic E-state index is 12.6. The van der Waals surface area contributed by atoms with E-state index in [1.165, 1.54) is 30.2 Å². The van der Waals surface area contributed by atoms with E-state index in [4.69, 9.17) is 0 Å². The smallest absolute Gasteiger partial charge is 0.267 e. The average molecular weight is 335 g/mol. The largest absolute Gasteiger partial charge is 0.351 e. The summed E-state index contributed by atoms with van der Waals surface area (Å²) in [5.41, 5.74) is 1.66. The first kappa shape index (κ1) is 16.2. The van der Waals surface area contributed by atoms with Gasteiger partial charge in [0, 0.05) is 24.0 Å². The molecule has 2 N–H and O–H groups in total. The quantitative estimate of drug-likeness (QED) is 0.762. The molecule has 1 aromatic heterocycles. The molecule has 2 aromatic carbocycles. The summed E-state index contributed by atoms with van der Waals surface area (Å²) in [6.07, 6.45) is 2.43. The molecule has 0 bridgehead atoms. The Morgan fingerprint density at radius 2 is 2.12 bits per heavy atom. The predicted octanol–water partition coefficient (Wildman–Crippen LogP) is 3.78. The van der Waals surface area contributed by atoms with Gasteiger partial charge in [0.15, 0.2) is 0 Å². The molecule has 0 aliphatic carbocycles. The molecule has 25 heavy (non-hydrogen) atoms. The van der Waals surface area contributed by atoms with E-state index in [1.54, 1.807) is 0 Å². The Morgan fingerprint density at radius 1 is 1.24 bits per heavy atom. The minimum atomic E-state index is -0.00565. The number of fused-ring (bicyclic) bond motifs is 3. The third-order valence-electron chi connectivity index (χ3n) is 5.37. The van der Waals surface area contributed by atoms with Crippen molar-refractivity contribution in [3.8, 4) is 0 Å². The number of piperidine rings is 1. The van der Waals surface area contributed by atoms with Crippen molar-refractivity contribution >= 4 is 27.6 Å². The molecular formula is C21H25N3O. The molecule has 0 spiro atoms. The molecular weight excluding hydrogens is 310 g/mol. The number of likely N-dealkylation sites (tertiary alicyclic amines) is 1. The van der Waals surface area contributed by atoms with Crippen molar-refractivity contribution in [1.82, 2.24) is 15.2 Å². The number of aromatic nitrogens is 1. The maximum Gasteiger partial charge on any atom is 0.267 e. The van der Waals surface area contributed by atoms with Crippen molar-refractivity contribution in [2.75, 3.05) is 26.2 Å². The number of carbonyl (C=O) groups is 1. The number of rotatable bonds is 4. The number of H-pyrrole nitrogens is 1. The lowest BCUT2D eigenvalue weighted by Gasteiger charge is -2.31. The fourth-order valence-corrected chi connectivity index (χ4v) is 3.95. The molecule has 1 aliphatic heterocycles. The molecule has 1 aliphatic rings. The molecule has 2 heterocycles. The van der Waals surface area contributed by atoms with Crippen molar-refractivity contribution in [3.05, 3.63) is 48.2 Å². The summed E-state index contributed by atoms with van der Waals surface area (Å²) in [6, 6.07) is 14.4. The summed E-state index contributed by atoms with van der Waals surface area (Å²) in [5.74, 6) is 0.553. The Kier molecular flexibility index (Phi) is 4.45. The van der Waals surface area contributed by atoms with E-state index >= 15 is 0 Å². The normalized spacial score (nSPS) is 18.7. The Morgan fingerprint density at radius 3 is 3.00 bits per heavy atom. The molecule has 4 heteroatoms. The third-order valence-corrected chi connectivity index (χ3v) is 5.37. The predicted molar refractivity (Wildman–Crippen MR) is 103 cm³/mol. The van der Waals surface area contributed by atoms with E-state index in [0.29, 0.717) is 11.6 Å². The number of benzene rings is 2. The van der Waals surface area contributed by atoms with Crippen LogP contribution in [-0.4, -0.2) is 42.0 Å². The van der Waals surface area contributed by atoms with Gasteiger partial charge in [-0.1, -0.05) is 37.3 Å². The van der Waals surface area contributed by atoms with Crippen LogP contribution < -0.4 is 5.32 Å². The van der Waals surface area contributed by atoms with Crippen LogP contribution in [-0.2, 0) is 0 Å². The molecule has 1 fully saturated rings. The van der Waals surface area contributed by atoms with Crippen LogP contribution in [0.15, 0.2) is 42.5 Å². The number of amides is 1. The summed E-state index contributed by atoms with van der Waals surface area (Å²) in [5, 5.41) is 6.61. The van der Waals surface area contributed by atoms with Crippen LogP contribution in [0.3, 0.4) is 0 Å². The number of carbonyl (C=O) groups excluding carboxylic acids is 1. The molecule has 3 aromatic rings. The first-order chi connectivity index (χ1) is 12.2. The fourth-order valence-electron chi connectivity index (χ4n) is 3.95. The second kappa shape index (κ2) is 6.89. The molecule has 0 saturated carbocycles. The van der Waals surface area contributed by atoms with Gasteiger partial charge in [-0.3, -0.25) is 4.79 Å². The number of hydrogen-bond donors (Lipinski definition) is 2. The van der Waals surface area contributed by atoms with Gasteiger partial charge >= 0.3 is 0 Å². The zero-order chi connectivity index (χ0) is 17.2. The summed E-state index contributed by atoms with van der Waals surface area (Å²) < 4.78 is 0. The van der Waals surface area contributed by atoms with Crippen LogP contribution in [0.4, 0.5) is 0 Å². The summed E-state index contributed by atoms with van der Waals surface area (Å²) in [7, 11) is 0. The lowest BCUT2D eigenvalue weighted by Crippen LogP contribution is -2.40. The summed E-state index contributed by atoms with van der Waals surface area (Å²) in [6.45, 7) is 6.34. The highest BCUT2D eigenvalue weighted by Crippen LogP contribution is 2.26. The summed E-state index contributed by atoms with van der Waals surface area (Å²) in [4.78, 5) is 18.3. The van der Waals surface area contributed by atoms with Crippen molar-refractivity contribution in [3.63, 3.8) is 0 Å². The van der Waals surface area contributed by atoms with Gasteiger partial charge in [0.05, 0.1) is 0 Å². The van der Waals surface area contributed by atoms with Gasteiger partial charge < -0.3 is 15.2 Å². The highest BCUT2D eigenvalue weighted by atomic mass is 16.1. The molecule has 1 amide bonds. The highest BCUT2D eigenvalue weighted by Gasteiger charge is 2.20. The fraction of sp³-hybridized carbons (Fsp3) is 0.381. The average Bonchev–Trinajstić information content (AvgIpc) is 3.11. The van der Waals surface area contributed by atoms with E-state index in [0.717, 1.165) is 30.5 Å². The van der Waals surface area contributed by atoms with Crippen LogP contribution in [0.25, 0.3) is 21.7 Å². The summed E-state index contributed by atoms with van der Waals surface area (Å²) >= 11 is 0. The Bertz CT molecular complexity index is 898. The molecule has 1 atom stereocenters. The van der Waals surface area contributed by atoms with E-state index in [9.17, 15) is 4.79 Å². The third kappa shape index (κ3) is 3.27. The number of nitrogens with one attached hydrogen (secondary N) is 2. The van der Waals surface area contributed by atoms with Gasteiger partial charge in [-0.05, 0) is 54.8 Å². The second-order valence-electron chi connectivity index (χ2n) is 7.04. The first-order valence-corrected chi connectivity index (χ1v) is 9.25.